The molecule has 0 N–H and O–H groups in total. The Bertz CT molecular complexity index is 1540. The molecule has 0 spiro atoms. The summed E-state index contributed by atoms with van der Waals surface area (Å²) in [5, 5.41) is 0.654. The second-order valence-corrected chi connectivity index (χ2v) is 7.69. The summed E-state index contributed by atoms with van der Waals surface area (Å²) in [7, 11) is 3.10. The molecule has 0 amide bonds. The fraction of sp³-hybridized carbons (Fsp3) is 0.136. The second kappa shape index (κ2) is 6.74. The summed E-state index contributed by atoms with van der Waals surface area (Å²) >= 11 is 6.19. The number of halogens is 1. The highest BCUT2D eigenvalue weighted by Gasteiger charge is 2.21. The van der Waals surface area contributed by atoms with Gasteiger partial charge in [-0.05, 0) is 23.3 Å². The van der Waals surface area contributed by atoms with Crippen molar-refractivity contribution in [2.24, 2.45) is 14.1 Å². The zero-order valence-corrected chi connectivity index (χ0v) is 17.2. The Morgan fingerprint density at radius 2 is 1.73 bits per heavy atom. The first-order chi connectivity index (χ1) is 14.5. The maximum atomic E-state index is 12.9. The van der Waals surface area contributed by atoms with E-state index in [2.05, 4.69) is 4.98 Å². The minimum Gasteiger partial charge on any atom is -0.305 e. The number of benzene rings is 2. The van der Waals surface area contributed by atoms with Gasteiger partial charge in [0.05, 0.1) is 12.2 Å². The number of hydrogen-bond acceptors (Lipinski definition) is 3. The average Bonchev–Trinajstić information content (AvgIpc) is 3.28. The summed E-state index contributed by atoms with van der Waals surface area (Å²) < 4.78 is 6.30. The smallest absolute Gasteiger partial charge is 0.305 e. The standard InChI is InChI=1S/C22H18ClN5O2/c1-25-19-18(20(29)26(2)22(25)30)28-13-17(15-8-4-3-5-9-15)27(21(28)24-19)12-14-7-6-10-16(23)11-14/h3-11,13H,12H2,1-2H3. The zero-order valence-electron chi connectivity index (χ0n) is 16.4. The van der Waals surface area contributed by atoms with Gasteiger partial charge in [0.2, 0.25) is 5.78 Å². The molecule has 0 bridgehead atoms. The van der Waals surface area contributed by atoms with E-state index in [0.29, 0.717) is 28.5 Å². The molecular formula is C22H18ClN5O2. The lowest BCUT2D eigenvalue weighted by Crippen LogP contribution is -2.37. The number of imidazole rings is 2. The van der Waals surface area contributed by atoms with Gasteiger partial charge in [0.1, 0.15) is 0 Å². The van der Waals surface area contributed by atoms with E-state index in [1.165, 1.54) is 11.6 Å². The molecule has 0 atom stereocenters. The quantitative estimate of drug-likeness (QED) is 0.451. The molecular weight excluding hydrogens is 402 g/mol. The Labute approximate surface area is 176 Å². The summed E-state index contributed by atoms with van der Waals surface area (Å²) in [6.45, 7) is 0.513. The third kappa shape index (κ3) is 2.70. The molecule has 0 saturated heterocycles. The highest BCUT2D eigenvalue weighted by molar-refractivity contribution is 6.30. The Morgan fingerprint density at radius 3 is 2.47 bits per heavy atom. The zero-order chi connectivity index (χ0) is 21.0. The number of aryl methyl sites for hydroxylation is 1. The molecule has 0 unspecified atom stereocenters. The minimum atomic E-state index is -0.405. The fourth-order valence-corrected chi connectivity index (χ4v) is 4.04. The van der Waals surface area contributed by atoms with Gasteiger partial charge >= 0.3 is 5.69 Å². The van der Waals surface area contributed by atoms with Crippen molar-refractivity contribution in [1.29, 1.82) is 0 Å². The van der Waals surface area contributed by atoms with Gasteiger partial charge in [-0.2, -0.15) is 4.98 Å². The van der Waals surface area contributed by atoms with Crippen molar-refractivity contribution in [2.45, 2.75) is 6.54 Å². The summed E-state index contributed by atoms with van der Waals surface area (Å²) in [5.74, 6) is 0.585. The van der Waals surface area contributed by atoms with Gasteiger partial charge in [0.15, 0.2) is 11.2 Å². The van der Waals surface area contributed by atoms with Crippen LogP contribution in [0, 0.1) is 0 Å². The number of rotatable bonds is 3. The van der Waals surface area contributed by atoms with Crippen LogP contribution >= 0.6 is 11.6 Å². The highest BCUT2D eigenvalue weighted by Crippen LogP contribution is 2.26. The van der Waals surface area contributed by atoms with Crippen LogP contribution in [0.3, 0.4) is 0 Å². The van der Waals surface area contributed by atoms with Crippen molar-refractivity contribution < 1.29 is 0 Å². The predicted octanol–water partition coefficient (Wildman–Crippen LogP) is 3.06. The van der Waals surface area contributed by atoms with Crippen LogP contribution in [0.4, 0.5) is 0 Å². The summed E-state index contributed by atoms with van der Waals surface area (Å²) in [6, 6.07) is 17.6. The molecule has 5 aromatic rings. The van der Waals surface area contributed by atoms with Crippen molar-refractivity contribution in [1.82, 2.24) is 23.1 Å². The normalized spacial score (nSPS) is 11.6. The van der Waals surface area contributed by atoms with Crippen LogP contribution in [-0.2, 0) is 20.6 Å². The lowest BCUT2D eigenvalue weighted by atomic mass is 10.1. The Hall–Kier alpha value is -3.58. The van der Waals surface area contributed by atoms with Crippen LogP contribution in [0.1, 0.15) is 5.56 Å². The topological polar surface area (TPSA) is 66.2 Å². The molecule has 2 aromatic carbocycles. The lowest BCUT2D eigenvalue weighted by molar-refractivity contribution is 0.707. The molecule has 3 aromatic heterocycles. The maximum Gasteiger partial charge on any atom is 0.332 e. The number of nitrogens with zero attached hydrogens (tertiary/aromatic N) is 5. The van der Waals surface area contributed by atoms with Crippen LogP contribution in [0.25, 0.3) is 28.2 Å². The highest BCUT2D eigenvalue weighted by atomic mass is 35.5. The summed E-state index contributed by atoms with van der Waals surface area (Å²) in [4.78, 5) is 29.9. The van der Waals surface area contributed by atoms with E-state index in [1.54, 1.807) is 11.4 Å². The molecule has 0 aliphatic heterocycles. The van der Waals surface area contributed by atoms with E-state index in [0.717, 1.165) is 21.4 Å². The molecule has 0 aliphatic carbocycles. The second-order valence-electron chi connectivity index (χ2n) is 7.26. The fourth-order valence-electron chi connectivity index (χ4n) is 3.83. The van der Waals surface area contributed by atoms with Gasteiger partial charge in [-0.15, -0.1) is 0 Å². The summed E-state index contributed by atoms with van der Waals surface area (Å²) in [6.07, 6.45) is 1.90. The van der Waals surface area contributed by atoms with Gasteiger partial charge in [-0.1, -0.05) is 54.1 Å². The first-order valence-electron chi connectivity index (χ1n) is 9.43. The van der Waals surface area contributed by atoms with Crippen LogP contribution in [0.5, 0.6) is 0 Å². The molecule has 150 valence electrons. The first-order valence-corrected chi connectivity index (χ1v) is 9.80. The molecule has 30 heavy (non-hydrogen) atoms. The third-order valence-corrected chi connectivity index (χ3v) is 5.59. The van der Waals surface area contributed by atoms with Crippen molar-refractivity contribution in [3.8, 4) is 11.3 Å². The van der Waals surface area contributed by atoms with E-state index >= 15 is 0 Å². The average molecular weight is 420 g/mol. The molecule has 0 aliphatic rings. The summed E-state index contributed by atoms with van der Waals surface area (Å²) in [5.41, 5.74) is 2.87. The van der Waals surface area contributed by atoms with Crippen LogP contribution < -0.4 is 11.2 Å². The first kappa shape index (κ1) is 18.4. The third-order valence-electron chi connectivity index (χ3n) is 5.36. The van der Waals surface area contributed by atoms with Gasteiger partial charge in [0, 0.05) is 25.3 Å². The van der Waals surface area contributed by atoms with Crippen molar-refractivity contribution >= 4 is 28.5 Å². The van der Waals surface area contributed by atoms with Crippen molar-refractivity contribution in [3.05, 3.63) is 92.2 Å². The Kier molecular flexibility index (Phi) is 4.15. The van der Waals surface area contributed by atoms with E-state index in [4.69, 9.17) is 11.6 Å². The Morgan fingerprint density at radius 1 is 0.967 bits per heavy atom. The van der Waals surface area contributed by atoms with E-state index in [9.17, 15) is 9.59 Å². The largest absolute Gasteiger partial charge is 0.332 e. The molecule has 0 saturated carbocycles. The van der Waals surface area contributed by atoms with Crippen molar-refractivity contribution in [2.75, 3.05) is 0 Å². The van der Waals surface area contributed by atoms with Gasteiger partial charge in [-0.3, -0.25) is 18.3 Å². The molecule has 8 heteroatoms. The molecule has 3 heterocycles. The minimum absolute atomic E-state index is 0.359. The van der Waals surface area contributed by atoms with Crippen LogP contribution in [-0.4, -0.2) is 23.1 Å². The van der Waals surface area contributed by atoms with Crippen molar-refractivity contribution in [3.63, 3.8) is 0 Å². The monoisotopic (exact) mass is 419 g/mol. The molecule has 0 fully saturated rings. The van der Waals surface area contributed by atoms with Crippen LogP contribution in [0.2, 0.25) is 5.02 Å². The number of fused-ring (bicyclic) bond motifs is 3. The molecule has 5 rings (SSSR count). The lowest BCUT2D eigenvalue weighted by Gasteiger charge is -2.09. The molecule has 7 nitrogen and oxygen atoms in total. The van der Waals surface area contributed by atoms with Gasteiger partial charge in [-0.25, -0.2) is 4.79 Å². The van der Waals surface area contributed by atoms with E-state index < -0.39 is 5.69 Å². The van der Waals surface area contributed by atoms with Crippen LogP contribution in [0.15, 0.2) is 70.4 Å². The Balaban J connectivity index is 1.87. The maximum absolute atomic E-state index is 12.9. The van der Waals surface area contributed by atoms with E-state index in [-0.39, 0.29) is 5.56 Å². The number of aromatic nitrogens is 5. The predicted molar refractivity (Wildman–Crippen MR) is 117 cm³/mol. The SMILES string of the molecule is Cn1c(=O)c2c(nc3n(Cc4cccc(Cl)c4)c(-c4ccccc4)cn23)n(C)c1=O. The number of hydrogen-bond donors (Lipinski definition) is 0. The van der Waals surface area contributed by atoms with Gasteiger partial charge < -0.3 is 4.57 Å². The molecule has 0 radical (unpaired) electrons. The van der Waals surface area contributed by atoms with E-state index in [1.807, 2.05) is 65.4 Å². The van der Waals surface area contributed by atoms with Gasteiger partial charge in [0.25, 0.3) is 5.56 Å².